The summed E-state index contributed by atoms with van der Waals surface area (Å²) in [6.07, 6.45) is -0.336. The van der Waals surface area contributed by atoms with Gasteiger partial charge in [-0.1, -0.05) is 25.1 Å². The summed E-state index contributed by atoms with van der Waals surface area (Å²) in [6.45, 7) is 2.54. The van der Waals surface area contributed by atoms with Crippen LogP contribution < -0.4 is 10.9 Å². The first-order valence-corrected chi connectivity index (χ1v) is 10.3. The third-order valence-electron chi connectivity index (χ3n) is 6.18. The van der Waals surface area contributed by atoms with Crippen molar-refractivity contribution < 1.29 is 19.4 Å². The van der Waals surface area contributed by atoms with Gasteiger partial charge in [0.1, 0.15) is 12.8 Å². The van der Waals surface area contributed by atoms with Crippen LogP contribution in [0.15, 0.2) is 41.2 Å². The fourth-order valence-electron chi connectivity index (χ4n) is 4.50. The molecule has 2 N–H and O–H groups in total. The maximum Gasteiger partial charge on any atom is 0.343 e. The second-order valence-electron chi connectivity index (χ2n) is 7.86. The van der Waals surface area contributed by atoms with E-state index in [0.717, 1.165) is 16.5 Å². The van der Waals surface area contributed by atoms with Gasteiger partial charge in [-0.15, -0.1) is 0 Å². The van der Waals surface area contributed by atoms with Crippen LogP contribution in [-0.4, -0.2) is 40.9 Å². The highest BCUT2D eigenvalue weighted by atomic mass is 16.6. The van der Waals surface area contributed by atoms with Crippen LogP contribution in [0.25, 0.3) is 22.3 Å². The number of carbonyl (C=O) groups excluding carboxylic acids is 1. The lowest BCUT2D eigenvalue weighted by atomic mass is 9.86. The van der Waals surface area contributed by atoms with Gasteiger partial charge in [0, 0.05) is 30.2 Å². The van der Waals surface area contributed by atoms with Crippen molar-refractivity contribution in [3.8, 4) is 11.4 Å². The van der Waals surface area contributed by atoms with Crippen LogP contribution in [0.5, 0.6) is 0 Å². The lowest BCUT2D eigenvalue weighted by molar-refractivity contribution is -0.172. The number of methoxy groups -OCH3 is 1. The maximum absolute atomic E-state index is 13.6. The lowest BCUT2D eigenvalue weighted by Crippen LogP contribution is -2.45. The second-order valence-corrected chi connectivity index (χ2v) is 7.86. The molecule has 3 aromatic rings. The van der Waals surface area contributed by atoms with Gasteiger partial charge < -0.3 is 14.6 Å². The number of carbonyl (C=O) groups is 1. The first-order chi connectivity index (χ1) is 15.0. The van der Waals surface area contributed by atoms with Crippen molar-refractivity contribution in [2.24, 2.45) is 0 Å². The number of aliphatic hydroxyl groups is 1. The summed E-state index contributed by atoms with van der Waals surface area (Å²) in [5, 5.41) is 15.4. The van der Waals surface area contributed by atoms with E-state index < -0.39 is 17.7 Å². The molecule has 160 valence electrons. The van der Waals surface area contributed by atoms with Gasteiger partial charge in [-0.25, -0.2) is 9.78 Å². The van der Waals surface area contributed by atoms with Crippen LogP contribution in [-0.2, 0) is 26.5 Å². The Morgan fingerprint density at radius 1 is 1.32 bits per heavy atom. The molecule has 1 unspecified atom stereocenters. The number of para-hydroxylation sites is 1. The molecular weight excluding hydrogens is 398 g/mol. The fourth-order valence-corrected chi connectivity index (χ4v) is 4.50. The Bertz CT molecular complexity index is 1270. The summed E-state index contributed by atoms with van der Waals surface area (Å²) in [5.41, 5.74) is 1.35. The molecule has 31 heavy (non-hydrogen) atoms. The summed E-state index contributed by atoms with van der Waals surface area (Å²) in [5.74, 6) is -0.730. The van der Waals surface area contributed by atoms with E-state index >= 15 is 0 Å². The largest absolute Gasteiger partial charge is 0.458 e. The zero-order valence-electron chi connectivity index (χ0n) is 17.3. The van der Waals surface area contributed by atoms with E-state index in [1.807, 2.05) is 30.3 Å². The highest BCUT2D eigenvalue weighted by molar-refractivity contribution is 5.86. The highest BCUT2D eigenvalue weighted by Gasteiger charge is 2.46. The Balaban J connectivity index is 1.78. The lowest BCUT2D eigenvalue weighted by Gasteiger charge is -2.32. The fraction of sp³-hybridized carbons (Fsp3) is 0.348. The van der Waals surface area contributed by atoms with Crippen LogP contribution in [0.1, 0.15) is 36.2 Å². The molecule has 0 fully saturated rings. The van der Waals surface area contributed by atoms with Gasteiger partial charge in [0.05, 0.1) is 29.1 Å². The predicted octanol–water partition coefficient (Wildman–Crippen LogP) is 1.81. The van der Waals surface area contributed by atoms with Crippen molar-refractivity contribution in [3.05, 3.63) is 63.4 Å². The Kier molecular flexibility index (Phi) is 4.65. The minimum absolute atomic E-state index is 0.106. The van der Waals surface area contributed by atoms with Crippen molar-refractivity contribution in [2.75, 3.05) is 20.3 Å². The number of ether oxygens (including phenoxy) is 2. The number of cyclic esters (lactones) is 1. The molecule has 2 aliphatic rings. The van der Waals surface area contributed by atoms with E-state index in [1.54, 1.807) is 24.7 Å². The minimum atomic E-state index is -1.85. The second kappa shape index (κ2) is 7.26. The summed E-state index contributed by atoms with van der Waals surface area (Å²) < 4.78 is 12.0. The molecule has 0 amide bonds. The molecule has 0 saturated heterocycles. The molecule has 2 atom stereocenters. The van der Waals surface area contributed by atoms with Crippen LogP contribution in [0.4, 0.5) is 0 Å². The maximum atomic E-state index is 13.6. The van der Waals surface area contributed by atoms with Gasteiger partial charge in [-0.3, -0.25) is 14.7 Å². The first-order valence-electron chi connectivity index (χ1n) is 10.3. The van der Waals surface area contributed by atoms with E-state index in [4.69, 9.17) is 14.5 Å². The zero-order chi connectivity index (χ0) is 21.8. The van der Waals surface area contributed by atoms with E-state index in [1.165, 1.54) is 0 Å². The zero-order valence-corrected chi connectivity index (χ0v) is 17.3. The molecule has 1 aromatic carbocycles. The quantitative estimate of drug-likeness (QED) is 0.478. The summed E-state index contributed by atoms with van der Waals surface area (Å²) in [6, 6.07) is 11.5. The van der Waals surface area contributed by atoms with Gasteiger partial charge in [0.2, 0.25) is 0 Å². The van der Waals surface area contributed by atoms with Crippen LogP contribution in [0.3, 0.4) is 0 Å². The summed E-state index contributed by atoms with van der Waals surface area (Å²) in [4.78, 5) is 30.8. The first kappa shape index (κ1) is 19.9. The number of hydrogen-bond acceptors (Lipinski definition) is 7. The number of benzene rings is 1. The molecule has 0 spiro atoms. The van der Waals surface area contributed by atoms with Crippen molar-refractivity contribution in [1.29, 1.82) is 0 Å². The molecule has 0 radical (unpaired) electrons. The SMILES string of the molecule is CC[C@@]1(O)C(=O)OCc2c1cc1n(c2=O)C(NCCOC)c2cc3ccccc3nc2-1. The third-order valence-corrected chi connectivity index (χ3v) is 6.18. The van der Waals surface area contributed by atoms with Crippen molar-refractivity contribution in [3.63, 3.8) is 0 Å². The van der Waals surface area contributed by atoms with Crippen molar-refractivity contribution in [2.45, 2.75) is 31.7 Å². The Morgan fingerprint density at radius 3 is 2.90 bits per heavy atom. The average Bonchev–Trinajstić information content (AvgIpc) is 3.08. The van der Waals surface area contributed by atoms with Crippen LogP contribution in [0.2, 0.25) is 0 Å². The van der Waals surface area contributed by atoms with E-state index in [-0.39, 0.29) is 18.6 Å². The normalized spacial score (nSPS) is 21.5. The van der Waals surface area contributed by atoms with Crippen molar-refractivity contribution in [1.82, 2.24) is 14.9 Å². The topological polar surface area (TPSA) is 103 Å². The molecule has 4 heterocycles. The minimum Gasteiger partial charge on any atom is -0.458 e. The predicted molar refractivity (Wildman–Crippen MR) is 113 cm³/mol. The number of nitrogens with one attached hydrogen (secondary N) is 1. The monoisotopic (exact) mass is 421 g/mol. The van der Waals surface area contributed by atoms with Gasteiger partial charge in [-0.2, -0.15) is 0 Å². The Labute approximate surface area is 178 Å². The molecule has 8 heteroatoms. The molecule has 0 saturated carbocycles. The van der Waals surface area contributed by atoms with E-state index in [2.05, 4.69) is 5.32 Å². The molecule has 2 aliphatic heterocycles. The van der Waals surface area contributed by atoms with Crippen LogP contribution >= 0.6 is 0 Å². The standard InChI is InChI=1S/C23H23N3O5/c1-3-23(29)16-11-18-19-14(10-13-6-4-5-7-17(13)25-19)20(24-8-9-30-2)26(18)21(27)15(16)12-31-22(23)28/h4-7,10-11,20,24,29H,3,8-9,12H2,1-2H3/t20?,23-/m0/s1. The van der Waals surface area contributed by atoms with Gasteiger partial charge in [0.25, 0.3) is 5.56 Å². The highest BCUT2D eigenvalue weighted by Crippen LogP contribution is 2.41. The van der Waals surface area contributed by atoms with E-state index in [0.29, 0.717) is 35.7 Å². The molecular formula is C23H23N3O5. The third kappa shape index (κ3) is 2.83. The molecule has 0 bridgehead atoms. The summed E-state index contributed by atoms with van der Waals surface area (Å²) >= 11 is 0. The van der Waals surface area contributed by atoms with Gasteiger partial charge >= 0.3 is 5.97 Å². The number of rotatable bonds is 5. The smallest absolute Gasteiger partial charge is 0.343 e. The van der Waals surface area contributed by atoms with Crippen LogP contribution in [0, 0.1) is 0 Å². The number of hydrogen-bond donors (Lipinski definition) is 2. The molecule has 2 aromatic heterocycles. The molecule has 8 nitrogen and oxygen atoms in total. The average molecular weight is 421 g/mol. The van der Waals surface area contributed by atoms with E-state index in [9.17, 15) is 14.7 Å². The number of aromatic nitrogens is 2. The number of fused-ring (bicyclic) bond motifs is 5. The summed E-state index contributed by atoms with van der Waals surface area (Å²) in [7, 11) is 1.62. The van der Waals surface area contributed by atoms with Gasteiger partial charge in [-0.05, 0) is 24.6 Å². The number of pyridine rings is 2. The van der Waals surface area contributed by atoms with Crippen molar-refractivity contribution >= 4 is 16.9 Å². The number of nitrogens with zero attached hydrogens (tertiary/aromatic N) is 2. The Hall–Kier alpha value is -3.07. The molecule has 0 aliphatic carbocycles. The Morgan fingerprint density at radius 2 is 2.13 bits per heavy atom. The molecule has 5 rings (SSSR count). The number of esters is 1. The van der Waals surface area contributed by atoms with Gasteiger partial charge in [0.15, 0.2) is 5.60 Å².